The van der Waals surface area contributed by atoms with E-state index in [0.717, 1.165) is 36.0 Å². The molecular formula is C18H20N4O2. The molecule has 2 heterocycles. The molecule has 1 spiro atoms. The quantitative estimate of drug-likeness (QED) is 0.915. The molecule has 2 aromatic rings. The Morgan fingerprint density at radius 2 is 2.12 bits per heavy atom. The summed E-state index contributed by atoms with van der Waals surface area (Å²) < 4.78 is 11.7. The van der Waals surface area contributed by atoms with Gasteiger partial charge in [-0.3, -0.25) is 0 Å². The molecule has 2 fully saturated rings. The number of nitrogens with one attached hydrogen (secondary N) is 1. The van der Waals surface area contributed by atoms with Crippen molar-refractivity contribution in [1.82, 2.24) is 9.97 Å². The molecule has 6 heteroatoms. The summed E-state index contributed by atoms with van der Waals surface area (Å²) in [5.74, 6) is 0.818. The highest BCUT2D eigenvalue weighted by molar-refractivity contribution is 5.89. The van der Waals surface area contributed by atoms with E-state index in [0.29, 0.717) is 30.7 Å². The molecule has 24 heavy (non-hydrogen) atoms. The summed E-state index contributed by atoms with van der Waals surface area (Å²) in [5, 5.41) is 13.6. The number of rotatable bonds is 2. The zero-order valence-corrected chi connectivity index (χ0v) is 13.7. The van der Waals surface area contributed by atoms with Crippen LogP contribution < -0.4 is 5.32 Å². The molecule has 0 amide bonds. The first-order chi connectivity index (χ1) is 11.7. The Hall–Kier alpha value is -2.23. The maximum absolute atomic E-state index is 9.13. The topological polar surface area (TPSA) is 80.1 Å². The molecule has 1 aromatic carbocycles. The standard InChI is InChI=1S/C18H20N4O2/c1-12-9-18(23-6-7-24-18)5-4-15(12)22-17-14-8-13(10-19)2-3-16(14)20-11-21-17/h2-3,8,11-12,15H,4-7,9H2,1H3,(H,20,21,22)/t12-,15-/m1/s1. The number of aromatic nitrogens is 2. The molecule has 2 atom stereocenters. The van der Waals surface area contributed by atoms with E-state index in [1.54, 1.807) is 12.4 Å². The van der Waals surface area contributed by atoms with E-state index in [4.69, 9.17) is 14.7 Å². The fourth-order valence-electron chi connectivity index (χ4n) is 3.79. The Balaban J connectivity index is 1.57. The van der Waals surface area contributed by atoms with Gasteiger partial charge in [0.05, 0.1) is 30.4 Å². The third-order valence-electron chi connectivity index (χ3n) is 5.06. The highest BCUT2D eigenvalue weighted by Gasteiger charge is 2.43. The molecule has 4 rings (SSSR count). The average Bonchev–Trinajstić information content (AvgIpc) is 3.05. The van der Waals surface area contributed by atoms with Crippen LogP contribution in [0.4, 0.5) is 5.82 Å². The van der Waals surface area contributed by atoms with E-state index >= 15 is 0 Å². The second kappa shape index (κ2) is 6.00. The molecule has 1 aliphatic carbocycles. The van der Waals surface area contributed by atoms with Crippen LogP contribution in [0.5, 0.6) is 0 Å². The van der Waals surface area contributed by atoms with Crippen LogP contribution in [-0.2, 0) is 9.47 Å². The molecule has 0 bridgehead atoms. The number of fused-ring (bicyclic) bond motifs is 1. The summed E-state index contributed by atoms with van der Waals surface area (Å²) >= 11 is 0. The predicted molar refractivity (Wildman–Crippen MR) is 89.3 cm³/mol. The molecule has 1 saturated carbocycles. The maximum Gasteiger partial charge on any atom is 0.168 e. The molecule has 1 N–H and O–H groups in total. The van der Waals surface area contributed by atoms with Crippen LogP contribution in [0, 0.1) is 17.2 Å². The van der Waals surface area contributed by atoms with Crippen molar-refractivity contribution in [3.05, 3.63) is 30.1 Å². The monoisotopic (exact) mass is 324 g/mol. The summed E-state index contributed by atoms with van der Waals surface area (Å²) in [4.78, 5) is 8.69. The fourth-order valence-corrected chi connectivity index (χ4v) is 3.79. The minimum Gasteiger partial charge on any atom is -0.366 e. The van der Waals surface area contributed by atoms with E-state index in [1.807, 2.05) is 12.1 Å². The molecule has 0 unspecified atom stereocenters. The van der Waals surface area contributed by atoms with Gasteiger partial charge in [-0.15, -0.1) is 0 Å². The van der Waals surface area contributed by atoms with Crippen molar-refractivity contribution in [3.63, 3.8) is 0 Å². The van der Waals surface area contributed by atoms with E-state index in [-0.39, 0.29) is 5.79 Å². The summed E-state index contributed by atoms with van der Waals surface area (Å²) in [6, 6.07) is 7.96. The summed E-state index contributed by atoms with van der Waals surface area (Å²) in [6.07, 6.45) is 4.30. The lowest BCUT2D eigenvalue weighted by atomic mass is 9.81. The van der Waals surface area contributed by atoms with E-state index in [1.165, 1.54) is 0 Å². The zero-order valence-electron chi connectivity index (χ0n) is 13.7. The van der Waals surface area contributed by atoms with Crippen molar-refractivity contribution < 1.29 is 9.47 Å². The van der Waals surface area contributed by atoms with E-state index in [2.05, 4.69) is 28.3 Å². The smallest absolute Gasteiger partial charge is 0.168 e. The fraction of sp³-hybridized carbons (Fsp3) is 0.500. The van der Waals surface area contributed by atoms with Gasteiger partial charge < -0.3 is 14.8 Å². The molecule has 6 nitrogen and oxygen atoms in total. The van der Waals surface area contributed by atoms with Gasteiger partial charge in [0.25, 0.3) is 0 Å². The van der Waals surface area contributed by atoms with Crippen molar-refractivity contribution in [2.24, 2.45) is 5.92 Å². The van der Waals surface area contributed by atoms with Gasteiger partial charge in [0.15, 0.2) is 5.79 Å². The van der Waals surface area contributed by atoms with Crippen LogP contribution in [0.2, 0.25) is 0 Å². The third kappa shape index (κ3) is 2.70. The van der Waals surface area contributed by atoms with E-state index < -0.39 is 0 Å². The molecular weight excluding hydrogens is 304 g/mol. The number of benzene rings is 1. The van der Waals surface area contributed by atoms with Crippen molar-refractivity contribution in [1.29, 1.82) is 5.26 Å². The van der Waals surface area contributed by atoms with Gasteiger partial charge in [0.2, 0.25) is 0 Å². The summed E-state index contributed by atoms with van der Waals surface area (Å²) in [6.45, 7) is 3.60. The molecule has 124 valence electrons. The Kier molecular flexibility index (Phi) is 3.83. The minimum absolute atomic E-state index is 0.298. The maximum atomic E-state index is 9.13. The van der Waals surface area contributed by atoms with Crippen molar-refractivity contribution >= 4 is 16.7 Å². The number of nitrogens with zero attached hydrogens (tertiary/aromatic N) is 3. The normalized spacial score (nSPS) is 25.7. The Bertz CT molecular complexity index is 795. The van der Waals surface area contributed by atoms with Gasteiger partial charge in [-0.25, -0.2) is 9.97 Å². The largest absolute Gasteiger partial charge is 0.366 e. The van der Waals surface area contributed by atoms with Gasteiger partial charge in [-0.1, -0.05) is 6.92 Å². The molecule has 1 aromatic heterocycles. The molecule has 2 aliphatic rings. The van der Waals surface area contributed by atoms with Crippen molar-refractivity contribution in [3.8, 4) is 6.07 Å². The predicted octanol–water partition coefficient (Wildman–Crippen LogP) is 2.85. The van der Waals surface area contributed by atoms with Gasteiger partial charge >= 0.3 is 0 Å². The number of hydrogen-bond acceptors (Lipinski definition) is 6. The van der Waals surface area contributed by atoms with Crippen molar-refractivity contribution in [2.45, 2.75) is 38.0 Å². The molecule has 1 saturated heterocycles. The third-order valence-corrected chi connectivity index (χ3v) is 5.06. The summed E-state index contributed by atoms with van der Waals surface area (Å²) in [7, 11) is 0. The van der Waals surface area contributed by atoms with Crippen LogP contribution in [0.1, 0.15) is 31.7 Å². The second-order valence-corrected chi connectivity index (χ2v) is 6.64. The number of nitriles is 1. The van der Waals surface area contributed by atoms with E-state index in [9.17, 15) is 0 Å². The van der Waals surface area contributed by atoms with Crippen molar-refractivity contribution in [2.75, 3.05) is 18.5 Å². The van der Waals surface area contributed by atoms with Gasteiger partial charge in [0, 0.05) is 24.3 Å². The van der Waals surface area contributed by atoms with Crippen LogP contribution in [0.3, 0.4) is 0 Å². The number of hydrogen-bond donors (Lipinski definition) is 1. The first kappa shape index (κ1) is 15.3. The highest BCUT2D eigenvalue weighted by atomic mass is 16.7. The molecule has 0 radical (unpaired) electrons. The van der Waals surface area contributed by atoms with Gasteiger partial charge in [-0.2, -0.15) is 5.26 Å². The highest BCUT2D eigenvalue weighted by Crippen LogP contribution is 2.39. The minimum atomic E-state index is -0.376. The lowest BCUT2D eigenvalue weighted by molar-refractivity contribution is -0.186. The van der Waals surface area contributed by atoms with Gasteiger partial charge in [0.1, 0.15) is 12.1 Å². The van der Waals surface area contributed by atoms with Gasteiger partial charge in [-0.05, 0) is 30.5 Å². The first-order valence-corrected chi connectivity index (χ1v) is 8.38. The number of ether oxygens (including phenoxy) is 2. The van der Waals surface area contributed by atoms with Crippen LogP contribution >= 0.6 is 0 Å². The van der Waals surface area contributed by atoms with Crippen LogP contribution in [-0.4, -0.2) is 35.0 Å². The van der Waals surface area contributed by atoms with Crippen LogP contribution in [0.25, 0.3) is 10.9 Å². The second-order valence-electron chi connectivity index (χ2n) is 6.64. The lowest BCUT2D eigenvalue weighted by Crippen LogP contribution is -2.44. The lowest BCUT2D eigenvalue weighted by Gasteiger charge is -2.40. The first-order valence-electron chi connectivity index (χ1n) is 8.38. The average molecular weight is 324 g/mol. The Labute approximate surface area is 140 Å². The Morgan fingerprint density at radius 1 is 1.29 bits per heavy atom. The zero-order chi connectivity index (χ0) is 16.6. The summed E-state index contributed by atoms with van der Waals surface area (Å²) in [5.41, 5.74) is 1.46. The number of anilines is 1. The Morgan fingerprint density at radius 3 is 2.88 bits per heavy atom. The molecule has 1 aliphatic heterocycles. The van der Waals surface area contributed by atoms with Crippen LogP contribution in [0.15, 0.2) is 24.5 Å². The SMILES string of the molecule is C[C@@H]1CC2(CC[C@H]1Nc1ncnc3ccc(C#N)cc13)OCCO2.